The van der Waals surface area contributed by atoms with Crippen LogP contribution in [-0.2, 0) is 6.54 Å². The highest BCUT2D eigenvalue weighted by Gasteiger charge is 2.20. The van der Waals surface area contributed by atoms with Crippen LogP contribution in [0.15, 0.2) is 51.6 Å². The first-order valence-corrected chi connectivity index (χ1v) is 11.5. The molecule has 3 N–H and O–H groups in total. The Morgan fingerprint density at radius 3 is 2.94 bits per heavy atom. The molecule has 0 amide bonds. The molecular weight excluding hydrogens is 426 g/mol. The van der Waals surface area contributed by atoms with Gasteiger partial charge in [0.25, 0.3) is 0 Å². The van der Waals surface area contributed by atoms with E-state index in [0.29, 0.717) is 17.3 Å². The van der Waals surface area contributed by atoms with E-state index in [1.807, 2.05) is 18.2 Å². The van der Waals surface area contributed by atoms with Crippen LogP contribution in [0.4, 0.5) is 5.82 Å². The lowest BCUT2D eigenvalue weighted by Crippen LogP contribution is -2.28. The second-order valence-electron chi connectivity index (χ2n) is 7.84. The van der Waals surface area contributed by atoms with E-state index in [4.69, 9.17) is 20.0 Å². The van der Waals surface area contributed by atoms with Crippen LogP contribution < -0.4 is 15.8 Å². The fraction of sp³-hybridized carbons (Fsp3) is 0.364. The van der Waals surface area contributed by atoms with Crippen LogP contribution in [0.5, 0.6) is 5.75 Å². The molecule has 1 fully saturated rings. The summed E-state index contributed by atoms with van der Waals surface area (Å²) in [5.74, 6) is 1.85. The smallest absolute Gasteiger partial charge is 0.175 e. The Labute approximate surface area is 189 Å². The topological polar surface area (TPSA) is 117 Å². The number of anilines is 1. The molecule has 5 rings (SSSR count). The van der Waals surface area contributed by atoms with E-state index < -0.39 is 0 Å². The van der Waals surface area contributed by atoms with E-state index in [1.54, 1.807) is 31.3 Å². The highest BCUT2D eigenvalue weighted by molar-refractivity contribution is 7.99. The summed E-state index contributed by atoms with van der Waals surface area (Å²) in [7, 11) is 1.66. The molecule has 1 aliphatic rings. The third-order valence-electron chi connectivity index (χ3n) is 5.88. The fourth-order valence-electron chi connectivity index (χ4n) is 4.08. The number of aryl methyl sites for hydroxylation is 1. The molecule has 0 unspecified atom stereocenters. The number of nitrogens with one attached hydrogen (secondary N) is 1. The number of aromatic nitrogens is 5. The Balaban J connectivity index is 1.53. The van der Waals surface area contributed by atoms with Gasteiger partial charge in [-0.3, -0.25) is 0 Å². The molecule has 166 valence electrons. The highest BCUT2D eigenvalue weighted by atomic mass is 32.2. The molecule has 0 aliphatic carbocycles. The van der Waals surface area contributed by atoms with Crippen LogP contribution in [0.25, 0.3) is 22.3 Å². The van der Waals surface area contributed by atoms with Gasteiger partial charge in [-0.15, -0.1) is 0 Å². The quantitative estimate of drug-likeness (QED) is 0.434. The van der Waals surface area contributed by atoms with Gasteiger partial charge in [0.2, 0.25) is 0 Å². The summed E-state index contributed by atoms with van der Waals surface area (Å²) in [5, 5.41) is 8.12. The number of fused-ring (bicyclic) bond motifs is 1. The zero-order valence-electron chi connectivity index (χ0n) is 17.8. The lowest BCUT2D eigenvalue weighted by Gasteiger charge is -2.23. The lowest BCUT2D eigenvalue weighted by atomic mass is 9.95. The van der Waals surface area contributed by atoms with Gasteiger partial charge in [0.15, 0.2) is 22.1 Å². The summed E-state index contributed by atoms with van der Waals surface area (Å²) in [6, 6.07) is 5.93. The number of benzene rings is 1. The van der Waals surface area contributed by atoms with Crippen LogP contribution in [0.2, 0.25) is 0 Å². The number of imidazole rings is 1. The van der Waals surface area contributed by atoms with E-state index in [1.165, 1.54) is 19.2 Å². The van der Waals surface area contributed by atoms with Crippen molar-refractivity contribution in [3.05, 3.63) is 37.0 Å². The van der Waals surface area contributed by atoms with E-state index in [-0.39, 0.29) is 0 Å². The number of rotatable bonds is 7. The number of ether oxygens (including phenoxy) is 1. The van der Waals surface area contributed by atoms with Crippen molar-refractivity contribution < 1.29 is 9.26 Å². The van der Waals surface area contributed by atoms with Gasteiger partial charge in [0, 0.05) is 22.6 Å². The maximum Gasteiger partial charge on any atom is 0.175 e. The SMILES string of the molecule is COc1ccc(-c2cnoc2)c(Sc2nc3c(N)ncnc3n2CCC2CCNCC2)c1. The zero-order valence-corrected chi connectivity index (χ0v) is 18.6. The molecule has 3 aromatic heterocycles. The molecule has 10 heteroatoms. The standard InChI is InChI=1S/C22H25N7O2S/c1-30-16-2-3-17(15-11-27-31-12-15)18(10-16)32-22-28-19-20(23)25-13-26-21(19)29(22)9-6-14-4-7-24-8-5-14/h2-3,10-14,24H,4-9H2,1H3,(H2,23,25,26). The summed E-state index contributed by atoms with van der Waals surface area (Å²) in [6.45, 7) is 2.99. The van der Waals surface area contributed by atoms with Crippen molar-refractivity contribution >= 4 is 28.7 Å². The zero-order chi connectivity index (χ0) is 21.9. The molecule has 1 saturated heterocycles. The molecule has 0 radical (unpaired) electrons. The number of nitrogens with two attached hydrogens (primary N) is 1. The maximum absolute atomic E-state index is 6.14. The summed E-state index contributed by atoms with van der Waals surface area (Å²) >= 11 is 1.56. The molecule has 0 spiro atoms. The van der Waals surface area contributed by atoms with E-state index in [2.05, 4.69) is 25.0 Å². The average Bonchev–Trinajstić information content (AvgIpc) is 3.47. The van der Waals surface area contributed by atoms with E-state index in [9.17, 15) is 0 Å². The van der Waals surface area contributed by atoms with E-state index >= 15 is 0 Å². The van der Waals surface area contributed by atoms with Gasteiger partial charge in [-0.2, -0.15) is 0 Å². The van der Waals surface area contributed by atoms with Crippen molar-refractivity contribution in [2.45, 2.75) is 35.9 Å². The van der Waals surface area contributed by atoms with Crippen molar-refractivity contribution in [2.75, 3.05) is 25.9 Å². The third-order valence-corrected chi connectivity index (χ3v) is 6.93. The van der Waals surface area contributed by atoms with Crippen molar-refractivity contribution in [1.29, 1.82) is 0 Å². The van der Waals surface area contributed by atoms with Crippen LogP contribution in [0.3, 0.4) is 0 Å². The van der Waals surface area contributed by atoms with Gasteiger partial charge in [0.05, 0.1) is 13.3 Å². The first-order chi connectivity index (χ1) is 15.7. The molecule has 4 aromatic rings. The van der Waals surface area contributed by atoms with Gasteiger partial charge in [-0.1, -0.05) is 16.9 Å². The normalized spacial score (nSPS) is 14.8. The minimum absolute atomic E-state index is 0.391. The highest BCUT2D eigenvalue weighted by Crippen LogP contribution is 2.39. The number of hydrogen-bond acceptors (Lipinski definition) is 9. The summed E-state index contributed by atoms with van der Waals surface area (Å²) in [5.41, 5.74) is 9.43. The predicted octanol–water partition coefficient (Wildman–Crippen LogP) is 3.61. The van der Waals surface area contributed by atoms with Crippen LogP contribution in [0.1, 0.15) is 19.3 Å². The lowest BCUT2D eigenvalue weighted by molar-refractivity contribution is 0.335. The molecule has 0 atom stereocenters. The van der Waals surface area contributed by atoms with Crippen LogP contribution >= 0.6 is 11.8 Å². The van der Waals surface area contributed by atoms with Crippen LogP contribution in [-0.4, -0.2) is 44.9 Å². The molecule has 0 saturated carbocycles. The molecule has 32 heavy (non-hydrogen) atoms. The second-order valence-corrected chi connectivity index (χ2v) is 8.85. The van der Waals surface area contributed by atoms with Gasteiger partial charge in [0.1, 0.15) is 18.3 Å². The number of nitrogen functional groups attached to an aromatic ring is 1. The minimum Gasteiger partial charge on any atom is -0.497 e. The van der Waals surface area contributed by atoms with Gasteiger partial charge in [-0.25, -0.2) is 15.0 Å². The Hall–Kier alpha value is -3.11. The summed E-state index contributed by atoms with van der Waals surface area (Å²) in [4.78, 5) is 14.5. The molecular formula is C22H25N7O2S. The monoisotopic (exact) mass is 451 g/mol. The first-order valence-electron chi connectivity index (χ1n) is 10.7. The van der Waals surface area contributed by atoms with Crippen molar-refractivity contribution in [2.24, 2.45) is 5.92 Å². The molecule has 0 bridgehead atoms. The molecule has 9 nitrogen and oxygen atoms in total. The Morgan fingerprint density at radius 2 is 2.16 bits per heavy atom. The average molecular weight is 452 g/mol. The predicted molar refractivity (Wildman–Crippen MR) is 123 cm³/mol. The van der Waals surface area contributed by atoms with Crippen LogP contribution in [0, 0.1) is 5.92 Å². The molecule has 1 aromatic carbocycles. The van der Waals surface area contributed by atoms with Gasteiger partial charge >= 0.3 is 0 Å². The number of piperidine rings is 1. The fourth-order valence-corrected chi connectivity index (χ4v) is 5.18. The number of hydrogen-bond donors (Lipinski definition) is 2. The Kier molecular flexibility index (Phi) is 5.95. The number of methoxy groups -OCH3 is 1. The molecule has 1 aliphatic heterocycles. The number of nitrogens with zero attached hydrogens (tertiary/aromatic N) is 5. The second kappa shape index (κ2) is 9.17. The van der Waals surface area contributed by atoms with E-state index in [0.717, 1.165) is 58.6 Å². The largest absolute Gasteiger partial charge is 0.497 e. The Morgan fingerprint density at radius 1 is 1.28 bits per heavy atom. The van der Waals surface area contributed by atoms with Gasteiger partial charge < -0.3 is 24.9 Å². The Bertz CT molecular complexity index is 1200. The summed E-state index contributed by atoms with van der Waals surface area (Å²) in [6.07, 6.45) is 8.30. The third kappa shape index (κ3) is 4.15. The van der Waals surface area contributed by atoms with Crippen molar-refractivity contribution in [3.63, 3.8) is 0 Å². The minimum atomic E-state index is 0.391. The van der Waals surface area contributed by atoms with Crippen molar-refractivity contribution in [3.8, 4) is 16.9 Å². The maximum atomic E-state index is 6.14. The molecule has 4 heterocycles. The van der Waals surface area contributed by atoms with Crippen molar-refractivity contribution in [1.82, 2.24) is 30.0 Å². The van der Waals surface area contributed by atoms with Gasteiger partial charge in [-0.05, 0) is 56.5 Å². The summed E-state index contributed by atoms with van der Waals surface area (Å²) < 4.78 is 12.7. The first kappa shape index (κ1) is 20.8.